The van der Waals surface area contributed by atoms with Gasteiger partial charge in [0.05, 0.1) is 0 Å². The van der Waals surface area contributed by atoms with Crippen LogP contribution in [0.15, 0.2) is 54.6 Å². The van der Waals surface area contributed by atoms with Gasteiger partial charge in [0, 0.05) is 21.8 Å². The fraction of sp³-hybridized carbons (Fsp3) is 0.100. The fourth-order valence-corrected chi connectivity index (χ4v) is 3.52. The van der Waals surface area contributed by atoms with Crippen molar-refractivity contribution in [1.29, 1.82) is 0 Å². The highest BCUT2D eigenvalue weighted by Crippen LogP contribution is 2.33. The third-order valence-corrected chi connectivity index (χ3v) is 4.60. The van der Waals surface area contributed by atoms with E-state index in [0.717, 1.165) is 12.8 Å². The number of rotatable bonds is 0. The van der Waals surface area contributed by atoms with Crippen molar-refractivity contribution in [1.82, 2.24) is 4.98 Å². The summed E-state index contributed by atoms with van der Waals surface area (Å²) in [6, 6.07) is 17.8. The van der Waals surface area contributed by atoms with Gasteiger partial charge in [0.15, 0.2) is 0 Å². The Morgan fingerprint density at radius 3 is 2.48 bits per heavy atom. The van der Waals surface area contributed by atoms with Crippen LogP contribution >= 0.6 is 0 Å². The van der Waals surface area contributed by atoms with Crippen molar-refractivity contribution < 1.29 is 0 Å². The number of hydrogen-bond acceptors (Lipinski definition) is 0. The van der Waals surface area contributed by atoms with E-state index in [1.807, 2.05) is 0 Å². The van der Waals surface area contributed by atoms with Gasteiger partial charge in [0.1, 0.15) is 0 Å². The van der Waals surface area contributed by atoms with Crippen molar-refractivity contribution in [2.45, 2.75) is 12.8 Å². The number of hydrogen-bond donors (Lipinski definition) is 1. The number of aryl methyl sites for hydroxylation is 1. The minimum atomic E-state index is 1.15. The lowest BCUT2D eigenvalue weighted by molar-refractivity contribution is 0.988. The van der Waals surface area contributed by atoms with Crippen molar-refractivity contribution in [2.24, 2.45) is 0 Å². The molecule has 3 aromatic carbocycles. The lowest BCUT2D eigenvalue weighted by Gasteiger charge is -2.10. The summed E-state index contributed by atoms with van der Waals surface area (Å²) in [5.74, 6) is 0. The second-order valence-electron chi connectivity index (χ2n) is 5.91. The van der Waals surface area contributed by atoms with Crippen molar-refractivity contribution in [3.8, 4) is 0 Å². The topological polar surface area (TPSA) is 15.8 Å². The number of aromatic amines is 1. The van der Waals surface area contributed by atoms with E-state index in [1.165, 1.54) is 43.7 Å². The molecule has 100 valence electrons. The van der Waals surface area contributed by atoms with Crippen LogP contribution < -0.4 is 0 Å². The van der Waals surface area contributed by atoms with E-state index in [2.05, 4.69) is 65.7 Å². The Bertz CT molecular complexity index is 1030. The molecule has 0 atom stereocenters. The first kappa shape index (κ1) is 11.2. The van der Waals surface area contributed by atoms with Gasteiger partial charge < -0.3 is 4.98 Å². The van der Waals surface area contributed by atoms with E-state index in [0.29, 0.717) is 0 Å². The zero-order valence-electron chi connectivity index (χ0n) is 11.7. The monoisotopic (exact) mass is 269 g/mol. The molecular weight excluding hydrogens is 254 g/mol. The molecular formula is C20H15N. The highest BCUT2D eigenvalue weighted by atomic mass is 14.7. The molecule has 0 saturated carbocycles. The van der Waals surface area contributed by atoms with Crippen molar-refractivity contribution >= 4 is 38.7 Å². The molecule has 5 rings (SSSR count). The third-order valence-electron chi connectivity index (χ3n) is 4.60. The van der Waals surface area contributed by atoms with Gasteiger partial charge >= 0.3 is 0 Å². The maximum absolute atomic E-state index is 3.60. The van der Waals surface area contributed by atoms with Gasteiger partial charge in [-0.25, -0.2) is 0 Å². The lowest BCUT2D eigenvalue weighted by Crippen LogP contribution is -1.93. The molecule has 0 bridgehead atoms. The fourth-order valence-electron chi connectivity index (χ4n) is 3.52. The van der Waals surface area contributed by atoms with Crippen LogP contribution in [0.3, 0.4) is 0 Å². The molecule has 0 amide bonds. The molecule has 1 heterocycles. The van der Waals surface area contributed by atoms with Crippen LogP contribution in [-0.4, -0.2) is 4.98 Å². The summed E-state index contributed by atoms with van der Waals surface area (Å²) < 4.78 is 0. The van der Waals surface area contributed by atoms with Crippen LogP contribution in [0.25, 0.3) is 38.7 Å². The predicted molar refractivity (Wildman–Crippen MR) is 90.7 cm³/mol. The predicted octanol–water partition coefficient (Wildman–Crippen LogP) is 5.43. The molecule has 0 radical (unpaired) electrons. The SMILES string of the molecule is C1=Cc2cc3c(cc2CC1)[nH]c1cc2ccccc2cc13. The van der Waals surface area contributed by atoms with E-state index in [1.54, 1.807) is 0 Å². The number of fused-ring (bicyclic) bond motifs is 5. The van der Waals surface area contributed by atoms with E-state index in [4.69, 9.17) is 0 Å². The highest BCUT2D eigenvalue weighted by molar-refractivity contribution is 6.12. The number of H-pyrrole nitrogens is 1. The standard InChI is InChI=1S/C20H15N/c1-3-7-15-11-19-17(9-13(15)5-1)18-10-14-6-2-4-8-16(14)12-20(18)21-19/h1-3,5-7,9-12,21H,4,8H2. The average molecular weight is 269 g/mol. The number of allylic oxidation sites excluding steroid dienone is 1. The summed E-state index contributed by atoms with van der Waals surface area (Å²) in [6.45, 7) is 0. The molecule has 0 saturated heterocycles. The summed E-state index contributed by atoms with van der Waals surface area (Å²) in [6.07, 6.45) is 6.85. The first-order valence-electron chi connectivity index (χ1n) is 7.52. The van der Waals surface area contributed by atoms with Crippen molar-refractivity contribution in [3.05, 3.63) is 65.7 Å². The van der Waals surface area contributed by atoms with Crippen LogP contribution in [-0.2, 0) is 6.42 Å². The summed E-state index contributed by atoms with van der Waals surface area (Å²) in [5.41, 5.74) is 5.33. The molecule has 0 spiro atoms. The minimum absolute atomic E-state index is 1.15. The Labute approximate surface area is 122 Å². The molecule has 1 nitrogen and oxygen atoms in total. The van der Waals surface area contributed by atoms with Gasteiger partial charge in [-0.3, -0.25) is 0 Å². The van der Waals surface area contributed by atoms with Crippen molar-refractivity contribution in [2.75, 3.05) is 0 Å². The zero-order valence-corrected chi connectivity index (χ0v) is 11.7. The van der Waals surface area contributed by atoms with Crippen LogP contribution in [0.4, 0.5) is 0 Å². The zero-order chi connectivity index (χ0) is 13.8. The molecule has 1 heteroatoms. The Hall–Kier alpha value is -2.54. The quantitative estimate of drug-likeness (QED) is 0.438. The first-order chi connectivity index (χ1) is 10.4. The maximum atomic E-state index is 3.60. The lowest BCUT2D eigenvalue weighted by atomic mass is 9.95. The Balaban J connectivity index is 1.93. The molecule has 0 aliphatic heterocycles. The third kappa shape index (κ3) is 1.58. The summed E-state index contributed by atoms with van der Waals surface area (Å²) in [5, 5.41) is 5.26. The Kier molecular flexibility index (Phi) is 2.12. The first-order valence-corrected chi connectivity index (χ1v) is 7.52. The average Bonchev–Trinajstić information content (AvgIpc) is 2.87. The number of benzene rings is 3. The molecule has 1 aliphatic carbocycles. The molecule has 0 unspecified atom stereocenters. The van der Waals surface area contributed by atoms with Crippen molar-refractivity contribution in [3.63, 3.8) is 0 Å². The smallest absolute Gasteiger partial charge is 0.0471 e. The van der Waals surface area contributed by atoms with E-state index >= 15 is 0 Å². The largest absolute Gasteiger partial charge is 0.354 e. The summed E-state index contributed by atoms with van der Waals surface area (Å²) in [7, 11) is 0. The molecule has 1 N–H and O–H groups in total. The summed E-state index contributed by atoms with van der Waals surface area (Å²) in [4.78, 5) is 3.60. The molecule has 0 fully saturated rings. The van der Waals surface area contributed by atoms with Crippen LogP contribution in [0.2, 0.25) is 0 Å². The molecule has 1 aliphatic rings. The van der Waals surface area contributed by atoms with Crippen LogP contribution in [0.5, 0.6) is 0 Å². The molecule has 21 heavy (non-hydrogen) atoms. The van der Waals surface area contributed by atoms with Gasteiger partial charge in [-0.15, -0.1) is 0 Å². The minimum Gasteiger partial charge on any atom is -0.354 e. The van der Waals surface area contributed by atoms with Gasteiger partial charge in [-0.2, -0.15) is 0 Å². The second kappa shape index (κ2) is 3.98. The van der Waals surface area contributed by atoms with Crippen LogP contribution in [0.1, 0.15) is 17.5 Å². The molecule has 1 aromatic heterocycles. The maximum Gasteiger partial charge on any atom is 0.0471 e. The van der Waals surface area contributed by atoms with E-state index < -0.39 is 0 Å². The number of nitrogens with one attached hydrogen (secondary N) is 1. The van der Waals surface area contributed by atoms with Gasteiger partial charge in [-0.1, -0.05) is 36.4 Å². The number of aromatic nitrogens is 1. The van der Waals surface area contributed by atoms with E-state index in [-0.39, 0.29) is 0 Å². The highest BCUT2D eigenvalue weighted by Gasteiger charge is 2.11. The van der Waals surface area contributed by atoms with Crippen LogP contribution in [0, 0.1) is 0 Å². The Morgan fingerprint density at radius 2 is 1.57 bits per heavy atom. The normalized spacial score (nSPS) is 14.1. The van der Waals surface area contributed by atoms with Gasteiger partial charge in [0.25, 0.3) is 0 Å². The van der Waals surface area contributed by atoms with E-state index in [9.17, 15) is 0 Å². The van der Waals surface area contributed by atoms with Gasteiger partial charge in [-0.05, 0) is 59.0 Å². The Morgan fingerprint density at radius 1 is 0.810 bits per heavy atom. The van der Waals surface area contributed by atoms with Gasteiger partial charge in [0.2, 0.25) is 0 Å². The second-order valence-corrected chi connectivity index (χ2v) is 5.91. The molecule has 4 aromatic rings. The summed E-state index contributed by atoms with van der Waals surface area (Å²) >= 11 is 0.